The molecule has 17 heavy (non-hydrogen) atoms. The smallest absolute Gasteiger partial charge is 0.168 e. The van der Waals surface area contributed by atoms with Crippen molar-refractivity contribution in [3.63, 3.8) is 0 Å². The first kappa shape index (κ1) is 11.7. The van der Waals surface area contributed by atoms with Gasteiger partial charge in [0.15, 0.2) is 5.79 Å². The van der Waals surface area contributed by atoms with Gasteiger partial charge in [0.05, 0.1) is 18.8 Å². The molecule has 0 amide bonds. The number of thiophene rings is 1. The third kappa shape index (κ3) is 1.93. The summed E-state index contributed by atoms with van der Waals surface area (Å²) in [5.41, 5.74) is 0.417. The monoisotopic (exact) mass is 254 g/mol. The number of hydrogen-bond donors (Lipinski definition) is 1. The molecule has 2 fully saturated rings. The number of hydrogen-bond acceptors (Lipinski definition) is 4. The van der Waals surface area contributed by atoms with E-state index in [9.17, 15) is 5.11 Å². The predicted octanol–water partition coefficient (Wildman–Crippen LogP) is 2.56. The minimum absolute atomic E-state index is 0.393. The molecule has 94 valence electrons. The SMILES string of the molecule is Cc1sccc1C1(O)CCC2(CC1)OCCO2. The molecule has 4 heteroatoms. The normalized spacial score (nSPS) is 26.5. The molecule has 1 N–H and O–H groups in total. The van der Waals surface area contributed by atoms with E-state index >= 15 is 0 Å². The Balaban J connectivity index is 1.77. The van der Waals surface area contributed by atoms with Gasteiger partial charge in [0.1, 0.15) is 0 Å². The van der Waals surface area contributed by atoms with Crippen LogP contribution in [-0.2, 0) is 15.1 Å². The molecule has 1 saturated heterocycles. The van der Waals surface area contributed by atoms with Gasteiger partial charge in [-0.2, -0.15) is 0 Å². The second kappa shape index (κ2) is 4.05. The minimum atomic E-state index is -0.676. The molecule has 0 unspecified atom stereocenters. The Bertz CT molecular complexity index is 397. The van der Waals surface area contributed by atoms with Crippen molar-refractivity contribution in [2.45, 2.75) is 44.0 Å². The summed E-state index contributed by atoms with van der Waals surface area (Å²) < 4.78 is 11.4. The molecule has 0 bridgehead atoms. The average molecular weight is 254 g/mol. The lowest BCUT2D eigenvalue weighted by atomic mass is 9.77. The molecule has 1 saturated carbocycles. The molecule has 3 nitrogen and oxygen atoms in total. The fraction of sp³-hybridized carbons (Fsp3) is 0.692. The first-order chi connectivity index (χ1) is 8.14. The van der Waals surface area contributed by atoms with Crippen molar-refractivity contribution < 1.29 is 14.6 Å². The summed E-state index contributed by atoms with van der Waals surface area (Å²) in [5.74, 6) is -0.393. The van der Waals surface area contributed by atoms with E-state index in [0.717, 1.165) is 31.2 Å². The summed E-state index contributed by atoms with van der Waals surface area (Å²) in [6.45, 7) is 3.46. The van der Waals surface area contributed by atoms with Gasteiger partial charge in [0, 0.05) is 17.7 Å². The maximum atomic E-state index is 10.8. The van der Waals surface area contributed by atoms with E-state index in [1.54, 1.807) is 11.3 Å². The second-order valence-electron chi connectivity index (χ2n) is 5.03. The molecule has 0 radical (unpaired) electrons. The van der Waals surface area contributed by atoms with Crippen molar-refractivity contribution >= 4 is 11.3 Å². The van der Waals surface area contributed by atoms with Gasteiger partial charge in [-0.15, -0.1) is 11.3 Å². The van der Waals surface area contributed by atoms with E-state index in [0.29, 0.717) is 13.2 Å². The van der Waals surface area contributed by atoms with E-state index in [1.165, 1.54) is 4.88 Å². The lowest BCUT2D eigenvalue weighted by Crippen LogP contribution is -2.42. The molecule has 0 atom stereocenters. The largest absolute Gasteiger partial charge is 0.385 e. The van der Waals surface area contributed by atoms with E-state index < -0.39 is 11.4 Å². The van der Waals surface area contributed by atoms with Crippen molar-refractivity contribution in [2.75, 3.05) is 13.2 Å². The van der Waals surface area contributed by atoms with Gasteiger partial charge in [-0.3, -0.25) is 0 Å². The summed E-state index contributed by atoms with van der Waals surface area (Å²) >= 11 is 1.70. The minimum Gasteiger partial charge on any atom is -0.385 e. The predicted molar refractivity (Wildman–Crippen MR) is 66.1 cm³/mol. The molecule has 1 aliphatic heterocycles. The molecule has 2 aliphatic rings. The Morgan fingerprint density at radius 2 is 1.82 bits per heavy atom. The Hall–Kier alpha value is -0.420. The van der Waals surface area contributed by atoms with Gasteiger partial charge >= 0.3 is 0 Å². The highest BCUT2D eigenvalue weighted by atomic mass is 32.1. The second-order valence-corrected chi connectivity index (χ2v) is 6.15. The van der Waals surface area contributed by atoms with Gasteiger partial charge in [-0.25, -0.2) is 0 Å². The van der Waals surface area contributed by atoms with Gasteiger partial charge < -0.3 is 14.6 Å². The quantitative estimate of drug-likeness (QED) is 0.837. The lowest BCUT2D eigenvalue weighted by Gasteiger charge is -2.40. The lowest BCUT2D eigenvalue weighted by molar-refractivity contribution is -0.204. The van der Waals surface area contributed by atoms with Crippen LogP contribution in [-0.4, -0.2) is 24.1 Å². The third-order valence-electron chi connectivity index (χ3n) is 4.01. The molecule has 2 heterocycles. The number of aryl methyl sites for hydroxylation is 1. The van der Waals surface area contributed by atoms with Crippen LogP contribution in [0.1, 0.15) is 36.1 Å². The Kier molecular flexibility index (Phi) is 2.78. The zero-order chi connectivity index (χ0) is 11.9. The van der Waals surface area contributed by atoms with Gasteiger partial charge in [0.25, 0.3) is 0 Å². The van der Waals surface area contributed by atoms with E-state index in [2.05, 4.69) is 12.3 Å². The fourth-order valence-electron chi connectivity index (χ4n) is 2.97. The van der Waals surface area contributed by atoms with Gasteiger partial charge in [-0.1, -0.05) is 0 Å². The maximum absolute atomic E-state index is 10.8. The van der Waals surface area contributed by atoms with Crippen LogP contribution in [0, 0.1) is 6.92 Å². The molecule has 0 aromatic carbocycles. The molecule has 1 spiro atoms. The zero-order valence-electron chi connectivity index (χ0n) is 10.1. The summed E-state index contributed by atoms with van der Waals surface area (Å²) in [6, 6.07) is 2.05. The molecular weight excluding hydrogens is 236 g/mol. The first-order valence-electron chi connectivity index (χ1n) is 6.19. The Morgan fingerprint density at radius 1 is 1.18 bits per heavy atom. The molecule has 3 rings (SSSR count). The molecule has 1 aliphatic carbocycles. The van der Waals surface area contributed by atoms with Crippen molar-refractivity contribution in [2.24, 2.45) is 0 Å². The highest BCUT2D eigenvalue weighted by Gasteiger charge is 2.46. The van der Waals surface area contributed by atoms with Gasteiger partial charge in [0.2, 0.25) is 0 Å². The van der Waals surface area contributed by atoms with Crippen LogP contribution in [0.2, 0.25) is 0 Å². The topological polar surface area (TPSA) is 38.7 Å². The van der Waals surface area contributed by atoms with E-state index in [1.807, 2.05) is 6.07 Å². The van der Waals surface area contributed by atoms with Crippen LogP contribution < -0.4 is 0 Å². The van der Waals surface area contributed by atoms with Gasteiger partial charge in [-0.05, 0) is 36.8 Å². The van der Waals surface area contributed by atoms with Crippen LogP contribution in [0.3, 0.4) is 0 Å². The Morgan fingerprint density at radius 3 is 2.35 bits per heavy atom. The molecule has 1 aromatic heterocycles. The zero-order valence-corrected chi connectivity index (χ0v) is 10.9. The number of rotatable bonds is 1. The standard InChI is InChI=1S/C13H18O3S/c1-10-11(2-9-17-10)12(14)3-5-13(6-4-12)15-7-8-16-13/h2,9,14H,3-8H2,1H3. The van der Waals surface area contributed by atoms with Crippen LogP contribution in [0.15, 0.2) is 11.4 Å². The summed E-state index contributed by atoms with van der Waals surface area (Å²) in [7, 11) is 0. The van der Waals surface area contributed by atoms with Crippen molar-refractivity contribution in [3.05, 3.63) is 21.9 Å². The van der Waals surface area contributed by atoms with Crippen LogP contribution in [0.25, 0.3) is 0 Å². The summed E-state index contributed by atoms with van der Waals surface area (Å²) in [6.07, 6.45) is 3.03. The van der Waals surface area contributed by atoms with Crippen LogP contribution >= 0.6 is 11.3 Å². The van der Waals surface area contributed by atoms with Crippen molar-refractivity contribution in [3.8, 4) is 0 Å². The molecular formula is C13H18O3S. The number of ether oxygens (including phenoxy) is 2. The summed E-state index contributed by atoms with van der Waals surface area (Å²) in [4.78, 5) is 1.22. The van der Waals surface area contributed by atoms with E-state index in [-0.39, 0.29) is 0 Å². The van der Waals surface area contributed by atoms with Crippen LogP contribution in [0.4, 0.5) is 0 Å². The number of aliphatic hydroxyl groups is 1. The van der Waals surface area contributed by atoms with Crippen molar-refractivity contribution in [1.82, 2.24) is 0 Å². The highest BCUT2D eigenvalue weighted by molar-refractivity contribution is 7.10. The van der Waals surface area contributed by atoms with Crippen molar-refractivity contribution in [1.29, 1.82) is 0 Å². The Labute approximate surface area is 105 Å². The molecule has 1 aromatic rings. The summed E-state index contributed by atoms with van der Waals surface area (Å²) in [5, 5.41) is 12.8. The van der Waals surface area contributed by atoms with Crippen LogP contribution in [0.5, 0.6) is 0 Å². The first-order valence-corrected chi connectivity index (χ1v) is 7.06. The average Bonchev–Trinajstić information content (AvgIpc) is 2.94. The highest BCUT2D eigenvalue weighted by Crippen LogP contribution is 2.46. The fourth-order valence-corrected chi connectivity index (χ4v) is 3.76. The maximum Gasteiger partial charge on any atom is 0.168 e. The van der Waals surface area contributed by atoms with E-state index in [4.69, 9.17) is 9.47 Å². The third-order valence-corrected chi connectivity index (χ3v) is 4.86.